The minimum absolute atomic E-state index is 0.0288. The normalized spacial score (nSPS) is 10.6. The van der Waals surface area contributed by atoms with Crippen LogP contribution in [0.3, 0.4) is 0 Å². The van der Waals surface area contributed by atoms with Crippen molar-refractivity contribution in [1.82, 2.24) is 15.0 Å². The molecule has 8 heteroatoms. The van der Waals surface area contributed by atoms with Crippen molar-refractivity contribution in [3.05, 3.63) is 40.2 Å². The van der Waals surface area contributed by atoms with Gasteiger partial charge in [-0.1, -0.05) is 5.21 Å². The van der Waals surface area contributed by atoms with Gasteiger partial charge in [0.1, 0.15) is 5.69 Å². The molecular formula is C13H17N5O3. The van der Waals surface area contributed by atoms with E-state index >= 15 is 0 Å². The summed E-state index contributed by atoms with van der Waals surface area (Å²) in [5.74, 6) is 0.377. The molecule has 0 bridgehead atoms. The maximum absolute atomic E-state index is 10.8. The lowest BCUT2D eigenvalue weighted by Gasteiger charge is -2.07. The molecule has 0 aliphatic heterocycles. The highest BCUT2D eigenvalue weighted by molar-refractivity contribution is 5.52. The lowest BCUT2D eigenvalue weighted by Crippen LogP contribution is -2.00. The number of nitro groups is 1. The van der Waals surface area contributed by atoms with Crippen LogP contribution in [0.25, 0.3) is 5.69 Å². The molecule has 0 aliphatic rings. The van der Waals surface area contributed by atoms with Gasteiger partial charge in [0.25, 0.3) is 5.69 Å². The van der Waals surface area contributed by atoms with Crippen LogP contribution in [-0.4, -0.2) is 33.6 Å². The van der Waals surface area contributed by atoms with Crippen molar-refractivity contribution in [2.24, 2.45) is 5.73 Å². The number of nitrogens with zero attached hydrogens (tertiary/aromatic N) is 4. The van der Waals surface area contributed by atoms with E-state index in [1.54, 1.807) is 16.9 Å². The summed E-state index contributed by atoms with van der Waals surface area (Å²) in [6, 6.07) is 4.37. The fourth-order valence-electron chi connectivity index (χ4n) is 1.95. The van der Waals surface area contributed by atoms with Gasteiger partial charge in [-0.05, 0) is 31.9 Å². The third-order valence-corrected chi connectivity index (χ3v) is 3.05. The second kappa shape index (κ2) is 6.80. The van der Waals surface area contributed by atoms with Crippen molar-refractivity contribution < 1.29 is 9.66 Å². The van der Waals surface area contributed by atoms with Crippen LogP contribution in [0.1, 0.15) is 18.5 Å². The first-order chi connectivity index (χ1) is 10.2. The third kappa shape index (κ3) is 3.54. The van der Waals surface area contributed by atoms with Crippen LogP contribution in [0.5, 0.6) is 5.75 Å². The number of ether oxygens (including phenoxy) is 1. The zero-order valence-electron chi connectivity index (χ0n) is 11.7. The zero-order valence-corrected chi connectivity index (χ0v) is 11.7. The van der Waals surface area contributed by atoms with Gasteiger partial charge in [0.2, 0.25) is 0 Å². The molecular weight excluding hydrogens is 274 g/mol. The van der Waals surface area contributed by atoms with Crippen LogP contribution in [0.2, 0.25) is 0 Å². The van der Waals surface area contributed by atoms with Gasteiger partial charge < -0.3 is 10.5 Å². The highest BCUT2D eigenvalue weighted by atomic mass is 16.6. The van der Waals surface area contributed by atoms with E-state index < -0.39 is 4.92 Å². The van der Waals surface area contributed by atoms with Crippen molar-refractivity contribution in [3.63, 3.8) is 0 Å². The van der Waals surface area contributed by atoms with Crippen LogP contribution in [0, 0.1) is 10.1 Å². The van der Waals surface area contributed by atoms with Crippen molar-refractivity contribution in [2.75, 3.05) is 13.7 Å². The number of rotatable bonds is 7. The van der Waals surface area contributed by atoms with E-state index in [2.05, 4.69) is 10.3 Å². The zero-order chi connectivity index (χ0) is 15.2. The molecule has 0 saturated carbocycles. The highest BCUT2D eigenvalue weighted by Crippen LogP contribution is 2.27. The Morgan fingerprint density at radius 3 is 2.90 bits per heavy atom. The van der Waals surface area contributed by atoms with E-state index in [0.717, 1.165) is 25.0 Å². The molecule has 0 amide bonds. The summed E-state index contributed by atoms with van der Waals surface area (Å²) in [7, 11) is 1.46. The molecule has 1 heterocycles. The molecule has 0 radical (unpaired) electrons. The standard InChI is InChI=1S/C13H17N5O3/c1-21-13-8-11(18(19)20)5-6-12(13)17-9-10(15-16-17)4-2-3-7-14/h5-6,8-9H,2-4,7,14H2,1H3. The van der Waals surface area contributed by atoms with E-state index in [-0.39, 0.29) is 5.69 Å². The summed E-state index contributed by atoms with van der Waals surface area (Å²) in [6.45, 7) is 0.657. The largest absolute Gasteiger partial charge is 0.494 e. The monoisotopic (exact) mass is 291 g/mol. The number of benzene rings is 1. The molecule has 1 aromatic heterocycles. The Bertz CT molecular complexity index is 626. The van der Waals surface area contributed by atoms with E-state index in [4.69, 9.17) is 10.5 Å². The van der Waals surface area contributed by atoms with Crippen LogP contribution in [0.15, 0.2) is 24.4 Å². The molecule has 2 rings (SSSR count). The van der Waals surface area contributed by atoms with Gasteiger partial charge in [-0.3, -0.25) is 10.1 Å². The van der Waals surface area contributed by atoms with Gasteiger partial charge in [-0.25, -0.2) is 4.68 Å². The molecule has 0 atom stereocenters. The van der Waals surface area contributed by atoms with Gasteiger partial charge in [-0.2, -0.15) is 0 Å². The first-order valence-electron chi connectivity index (χ1n) is 6.60. The van der Waals surface area contributed by atoms with Crippen molar-refractivity contribution in [1.29, 1.82) is 0 Å². The molecule has 8 nitrogen and oxygen atoms in total. The van der Waals surface area contributed by atoms with Crippen molar-refractivity contribution >= 4 is 5.69 Å². The van der Waals surface area contributed by atoms with E-state index in [1.807, 2.05) is 0 Å². The van der Waals surface area contributed by atoms with Gasteiger partial charge in [0.15, 0.2) is 5.75 Å². The van der Waals surface area contributed by atoms with Gasteiger partial charge >= 0.3 is 0 Å². The number of aryl methyl sites for hydroxylation is 1. The summed E-state index contributed by atoms with van der Waals surface area (Å²) >= 11 is 0. The smallest absolute Gasteiger partial charge is 0.273 e. The Labute approximate surface area is 121 Å². The molecule has 0 unspecified atom stereocenters. The first-order valence-corrected chi connectivity index (χ1v) is 6.60. The van der Waals surface area contributed by atoms with Crippen LogP contribution in [0.4, 0.5) is 5.69 Å². The minimum Gasteiger partial charge on any atom is -0.494 e. The summed E-state index contributed by atoms with van der Waals surface area (Å²) < 4.78 is 6.74. The third-order valence-electron chi connectivity index (χ3n) is 3.05. The van der Waals surface area contributed by atoms with E-state index in [0.29, 0.717) is 18.0 Å². The predicted molar refractivity (Wildman–Crippen MR) is 76.6 cm³/mol. The average molecular weight is 291 g/mol. The molecule has 0 fully saturated rings. The Morgan fingerprint density at radius 2 is 2.24 bits per heavy atom. The second-order valence-electron chi connectivity index (χ2n) is 4.51. The number of nitro benzene ring substituents is 1. The lowest BCUT2D eigenvalue weighted by atomic mass is 10.2. The number of unbranched alkanes of at least 4 members (excludes halogenated alkanes) is 1. The summed E-state index contributed by atoms with van der Waals surface area (Å²) in [4.78, 5) is 10.3. The predicted octanol–water partition coefficient (Wildman–Crippen LogP) is 1.47. The number of hydrogen-bond donors (Lipinski definition) is 1. The lowest BCUT2D eigenvalue weighted by molar-refractivity contribution is -0.384. The average Bonchev–Trinajstić information content (AvgIpc) is 2.95. The fourth-order valence-corrected chi connectivity index (χ4v) is 1.95. The second-order valence-corrected chi connectivity index (χ2v) is 4.51. The van der Waals surface area contributed by atoms with Crippen molar-refractivity contribution in [3.8, 4) is 11.4 Å². The van der Waals surface area contributed by atoms with Crippen LogP contribution in [-0.2, 0) is 6.42 Å². The summed E-state index contributed by atoms with van der Waals surface area (Å²) in [6.07, 6.45) is 4.48. The maximum atomic E-state index is 10.8. The van der Waals surface area contributed by atoms with Crippen LogP contribution < -0.4 is 10.5 Å². The minimum atomic E-state index is -0.466. The molecule has 2 aromatic rings. The maximum Gasteiger partial charge on any atom is 0.273 e. The number of non-ortho nitro benzene ring substituents is 1. The number of nitrogens with two attached hydrogens (primary N) is 1. The number of hydrogen-bond acceptors (Lipinski definition) is 6. The van der Waals surface area contributed by atoms with E-state index in [9.17, 15) is 10.1 Å². The quantitative estimate of drug-likeness (QED) is 0.470. The summed E-state index contributed by atoms with van der Waals surface area (Å²) in [5, 5.41) is 18.9. The Balaban J connectivity index is 2.23. The van der Waals surface area contributed by atoms with Crippen LogP contribution >= 0.6 is 0 Å². The number of aromatic nitrogens is 3. The number of methoxy groups -OCH3 is 1. The summed E-state index contributed by atoms with van der Waals surface area (Å²) in [5.41, 5.74) is 6.89. The molecule has 1 aromatic carbocycles. The van der Waals surface area contributed by atoms with Gasteiger partial charge in [0.05, 0.1) is 30.0 Å². The molecule has 21 heavy (non-hydrogen) atoms. The Kier molecular flexibility index (Phi) is 4.83. The molecule has 0 aliphatic carbocycles. The topological polar surface area (TPSA) is 109 Å². The molecule has 0 spiro atoms. The fraction of sp³-hybridized carbons (Fsp3) is 0.385. The molecule has 2 N–H and O–H groups in total. The van der Waals surface area contributed by atoms with E-state index in [1.165, 1.54) is 19.2 Å². The molecule has 112 valence electrons. The van der Waals surface area contributed by atoms with Gasteiger partial charge in [0, 0.05) is 6.07 Å². The first kappa shape index (κ1) is 14.9. The Morgan fingerprint density at radius 1 is 1.43 bits per heavy atom. The Hall–Kier alpha value is -2.48. The van der Waals surface area contributed by atoms with Gasteiger partial charge in [-0.15, -0.1) is 5.10 Å². The molecule has 0 saturated heterocycles. The highest BCUT2D eigenvalue weighted by Gasteiger charge is 2.14. The SMILES string of the molecule is COc1cc([N+](=O)[O-])ccc1-n1cc(CCCCN)nn1. The van der Waals surface area contributed by atoms with Crippen molar-refractivity contribution in [2.45, 2.75) is 19.3 Å².